The number of piperazine rings is 1. The molecular formula is C26H32N6O2. The predicted molar refractivity (Wildman–Crippen MR) is 136 cm³/mol. The van der Waals surface area contributed by atoms with Crippen molar-refractivity contribution in [3.63, 3.8) is 0 Å². The summed E-state index contributed by atoms with van der Waals surface area (Å²) in [6, 6.07) is 14.4. The number of anilines is 3. The Balaban J connectivity index is 1.53. The third-order valence-electron chi connectivity index (χ3n) is 6.64. The zero-order valence-electron chi connectivity index (χ0n) is 19.7. The Morgan fingerprint density at radius 2 is 1.59 bits per heavy atom. The number of pyridine rings is 2. The van der Waals surface area contributed by atoms with E-state index in [4.69, 9.17) is 20.4 Å². The average Bonchev–Trinajstić information content (AvgIpc) is 2.89. The molecule has 0 saturated carbocycles. The van der Waals surface area contributed by atoms with E-state index in [1.54, 1.807) is 4.90 Å². The Morgan fingerprint density at radius 1 is 0.912 bits per heavy atom. The first-order valence-electron chi connectivity index (χ1n) is 12.2. The molecule has 0 unspecified atom stereocenters. The van der Waals surface area contributed by atoms with Crippen LogP contribution in [0.15, 0.2) is 42.5 Å². The maximum absolute atomic E-state index is 12.2. The average molecular weight is 461 g/mol. The number of hydrogen-bond acceptors (Lipinski definition) is 7. The van der Waals surface area contributed by atoms with Crippen molar-refractivity contribution in [2.45, 2.75) is 26.2 Å². The van der Waals surface area contributed by atoms with E-state index in [0.29, 0.717) is 44.1 Å². The number of nitrogen functional groups attached to an aromatic ring is 1. The zero-order chi connectivity index (χ0) is 23.5. The summed E-state index contributed by atoms with van der Waals surface area (Å²) in [6.07, 6.45) is 3.33. The first-order chi connectivity index (χ1) is 16.6. The SMILES string of the molecule is CCOC(=O)N1CCN(c2nc3nc(N4CCCCC4)c(N)cc3cc2-c2ccccc2)CC1. The Hall–Kier alpha value is -3.55. The number of nitrogens with two attached hydrogens (primary N) is 1. The number of amides is 1. The summed E-state index contributed by atoms with van der Waals surface area (Å²) in [5, 5.41) is 0.936. The Kier molecular flexibility index (Phi) is 6.38. The van der Waals surface area contributed by atoms with E-state index in [1.807, 2.05) is 31.2 Å². The molecule has 0 bridgehead atoms. The minimum Gasteiger partial charge on any atom is -0.450 e. The Morgan fingerprint density at radius 3 is 2.29 bits per heavy atom. The molecule has 0 radical (unpaired) electrons. The van der Waals surface area contributed by atoms with Crippen molar-refractivity contribution in [2.75, 3.05) is 61.4 Å². The number of nitrogens with zero attached hydrogens (tertiary/aromatic N) is 5. The number of rotatable bonds is 4. The molecule has 2 saturated heterocycles. The van der Waals surface area contributed by atoms with Crippen LogP contribution in [-0.4, -0.2) is 66.8 Å². The van der Waals surface area contributed by atoms with Crippen LogP contribution in [0.5, 0.6) is 0 Å². The van der Waals surface area contributed by atoms with Crippen LogP contribution in [0.1, 0.15) is 26.2 Å². The number of fused-ring (bicyclic) bond motifs is 1. The maximum atomic E-state index is 12.2. The quantitative estimate of drug-likeness (QED) is 0.626. The molecule has 0 spiro atoms. The minimum atomic E-state index is -0.250. The number of carbonyl (C=O) groups is 1. The third kappa shape index (κ3) is 4.44. The molecule has 2 aliphatic heterocycles. The van der Waals surface area contributed by atoms with E-state index in [1.165, 1.54) is 6.42 Å². The molecule has 2 N–H and O–H groups in total. The molecule has 2 aliphatic rings. The lowest BCUT2D eigenvalue weighted by Gasteiger charge is -2.35. The van der Waals surface area contributed by atoms with Gasteiger partial charge in [0.05, 0.1) is 12.3 Å². The summed E-state index contributed by atoms with van der Waals surface area (Å²) in [5.41, 5.74) is 10.0. The van der Waals surface area contributed by atoms with Gasteiger partial charge < -0.3 is 25.2 Å². The highest BCUT2D eigenvalue weighted by Gasteiger charge is 2.25. The van der Waals surface area contributed by atoms with E-state index in [0.717, 1.165) is 54.1 Å². The van der Waals surface area contributed by atoms with Gasteiger partial charge in [-0.05, 0) is 43.9 Å². The zero-order valence-corrected chi connectivity index (χ0v) is 19.7. The third-order valence-corrected chi connectivity index (χ3v) is 6.64. The van der Waals surface area contributed by atoms with E-state index in [9.17, 15) is 4.79 Å². The second kappa shape index (κ2) is 9.75. The summed E-state index contributed by atoms with van der Waals surface area (Å²) < 4.78 is 5.18. The summed E-state index contributed by atoms with van der Waals surface area (Å²) in [7, 11) is 0. The van der Waals surface area contributed by atoms with Crippen molar-refractivity contribution in [1.82, 2.24) is 14.9 Å². The highest BCUT2D eigenvalue weighted by Crippen LogP contribution is 2.35. The second-order valence-electron chi connectivity index (χ2n) is 8.89. The standard InChI is InChI=1S/C26H32N6O2/c1-2-34-26(33)32-15-13-31(14-16-32)24-21(19-9-5-3-6-10-19)17-20-18-22(27)25(29-23(20)28-24)30-11-7-4-8-12-30/h3,5-6,9-10,17-18H,2,4,7-8,11-16,27H2,1H3. The van der Waals surface area contributed by atoms with Crippen LogP contribution >= 0.6 is 0 Å². The molecule has 1 amide bonds. The topological polar surface area (TPSA) is 87.8 Å². The molecule has 34 heavy (non-hydrogen) atoms. The van der Waals surface area contributed by atoms with E-state index in [2.05, 4.69) is 28.0 Å². The lowest BCUT2D eigenvalue weighted by Crippen LogP contribution is -2.49. The maximum Gasteiger partial charge on any atom is 0.409 e. The minimum absolute atomic E-state index is 0.250. The predicted octanol–water partition coefficient (Wildman–Crippen LogP) is 4.15. The second-order valence-corrected chi connectivity index (χ2v) is 8.89. The van der Waals surface area contributed by atoms with Crippen LogP contribution in [0.25, 0.3) is 22.2 Å². The lowest BCUT2D eigenvalue weighted by molar-refractivity contribution is 0.105. The van der Waals surface area contributed by atoms with Gasteiger partial charge in [0.2, 0.25) is 0 Å². The van der Waals surface area contributed by atoms with Crippen LogP contribution in [0.4, 0.5) is 22.1 Å². The highest BCUT2D eigenvalue weighted by atomic mass is 16.6. The van der Waals surface area contributed by atoms with E-state index >= 15 is 0 Å². The van der Waals surface area contributed by atoms with Crippen LogP contribution < -0.4 is 15.5 Å². The summed E-state index contributed by atoms with van der Waals surface area (Å²) >= 11 is 0. The van der Waals surface area contributed by atoms with Gasteiger partial charge in [0.1, 0.15) is 5.82 Å². The first kappa shape index (κ1) is 22.3. The first-order valence-corrected chi connectivity index (χ1v) is 12.2. The van der Waals surface area contributed by atoms with Crippen LogP contribution in [0.2, 0.25) is 0 Å². The van der Waals surface area contributed by atoms with Crippen LogP contribution in [0, 0.1) is 0 Å². The summed E-state index contributed by atoms with van der Waals surface area (Å²) in [5.74, 6) is 1.73. The molecule has 4 heterocycles. The molecule has 8 heteroatoms. The van der Waals surface area contributed by atoms with Gasteiger partial charge in [-0.3, -0.25) is 0 Å². The Labute approximate surface area is 200 Å². The van der Waals surface area contributed by atoms with Gasteiger partial charge in [0.15, 0.2) is 11.5 Å². The van der Waals surface area contributed by atoms with Gasteiger partial charge in [-0.15, -0.1) is 0 Å². The van der Waals surface area contributed by atoms with Gasteiger partial charge in [-0.1, -0.05) is 30.3 Å². The monoisotopic (exact) mass is 460 g/mol. The molecule has 5 rings (SSSR count). The molecule has 0 atom stereocenters. The summed E-state index contributed by atoms with van der Waals surface area (Å²) in [4.78, 5) is 28.5. The van der Waals surface area contributed by atoms with Gasteiger partial charge >= 0.3 is 6.09 Å². The van der Waals surface area contributed by atoms with Gasteiger partial charge in [0, 0.05) is 50.2 Å². The van der Waals surface area contributed by atoms with Gasteiger partial charge in [-0.2, -0.15) is 0 Å². The van der Waals surface area contributed by atoms with Crippen LogP contribution in [-0.2, 0) is 4.74 Å². The molecular weight excluding hydrogens is 428 g/mol. The smallest absolute Gasteiger partial charge is 0.409 e. The fourth-order valence-corrected chi connectivity index (χ4v) is 4.85. The highest BCUT2D eigenvalue weighted by molar-refractivity contribution is 5.91. The van der Waals surface area contributed by atoms with Crippen LogP contribution in [0.3, 0.4) is 0 Å². The van der Waals surface area contributed by atoms with Crippen molar-refractivity contribution in [2.24, 2.45) is 0 Å². The molecule has 2 aromatic heterocycles. The Bertz CT molecular complexity index is 1150. The van der Waals surface area contributed by atoms with E-state index < -0.39 is 0 Å². The molecule has 0 aliphatic carbocycles. The normalized spacial score (nSPS) is 16.7. The number of hydrogen-bond donors (Lipinski definition) is 1. The van der Waals surface area contributed by atoms with E-state index in [-0.39, 0.29) is 6.09 Å². The van der Waals surface area contributed by atoms with Crippen molar-refractivity contribution in [1.29, 1.82) is 0 Å². The molecule has 178 valence electrons. The van der Waals surface area contributed by atoms with Gasteiger partial charge in [-0.25, -0.2) is 14.8 Å². The molecule has 8 nitrogen and oxygen atoms in total. The fraction of sp³-hybridized carbons (Fsp3) is 0.423. The number of benzene rings is 1. The number of aromatic nitrogens is 2. The van der Waals surface area contributed by atoms with Crippen molar-refractivity contribution < 1.29 is 9.53 Å². The summed E-state index contributed by atoms with van der Waals surface area (Å²) in [6.45, 7) is 6.74. The van der Waals surface area contributed by atoms with Gasteiger partial charge in [0.25, 0.3) is 0 Å². The van der Waals surface area contributed by atoms with Crippen molar-refractivity contribution in [3.05, 3.63) is 42.5 Å². The van der Waals surface area contributed by atoms with Crippen molar-refractivity contribution in [3.8, 4) is 11.1 Å². The number of piperidine rings is 1. The molecule has 2 fully saturated rings. The lowest BCUT2D eigenvalue weighted by atomic mass is 10.0. The molecule has 3 aromatic rings. The fourth-order valence-electron chi connectivity index (χ4n) is 4.85. The molecule has 1 aromatic carbocycles. The van der Waals surface area contributed by atoms with Crippen molar-refractivity contribution >= 4 is 34.4 Å². The number of ether oxygens (including phenoxy) is 1. The number of carbonyl (C=O) groups excluding carboxylic acids is 1. The largest absolute Gasteiger partial charge is 0.450 e.